The zero-order chi connectivity index (χ0) is 13.7. The van der Waals surface area contributed by atoms with Crippen LogP contribution in [-0.4, -0.2) is 17.1 Å². The predicted octanol–water partition coefficient (Wildman–Crippen LogP) is 3.26. The van der Waals surface area contributed by atoms with Gasteiger partial charge in [0.15, 0.2) is 0 Å². The van der Waals surface area contributed by atoms with Crippen molar-refractivity contribution in [3.8, 4) is 11.3 Å². The molecule has 1 N–H and O–H groups in total. The lowest BCUT2D eigenvalue weighted by Gasteiger charge is -2.12. The topological polar surface area (TPSA) is 55.1 Å². The van der Waals surface area contributed by atoms with Gasteiger partial charge in [0.25, 0.3) is 5.91 Å². The Labute approximate surface area is 112 Å². The molecular formula is C15H18N2O2. The third kappa shape index (κ3) is 3.22. The number of hydrogen-bond donors (Lipinski definition) is 1. The molecule has 4 heteroatoms. The minimum Gasteiger partial charge on any atom is -0.363 e. The van der Waals surface area contributed by atoms with Crippen molar-refractivity contribution in [3.05, 3.63) is 42.2 Å². The average Bonchev–Trinajstić information content (AvgIpc) is 2.89. The van der Waals surface area contributed by atoms with E-state index in [9.17, 15) is 4.79 Å². The van der Waals surface area contributed by atoms with E-state index in [2.05, 4.69) is 17.4 Å². The summed E-state index contributed by atoms with van der Waals surface area (Å²) >= 11 is 0. The first-order valence-corrected chi connectivity index (χ1v) is 6.53. The number of hydrogen-bond acceptors (Lipinski definition) is 3. The van der Waals surface area contributed by atoms with E-state index in [-0.39, 0.29) is 11.9 Å². The molecular weight excluding hydrogens is 240 g/mol. The summed E-state index contributed by atoms with van der Waals surface area (Å²) in [6, 6.07) is 9.70. The van der Waals surface area contributed by atoms with Crippen LogP contribution in [0.5, 0.6) is 0 Å². The summed E-state index contributed by atoms with van der Waals surface area (Å²) in [5, 5.41) is 6.88. The minimum atomic E-state index is -0.138. The number of amides is 1. The van der Waals surface area contributed by atoms with Crippen molar-refractivity contribution >= 4 is 5.91 Å². The van der Waals surface area contributed by atoms with Crippen molar-refractivity contribution in [2.75, 3.05) is 0 Å². The molecule has 19 heavy (non-hydrogen) atoms. The van der Waals surface area contributed by atoms with Crippen LogP contribution in [0.2, 0.25) is 0 Å². The molecule has 2 aromatic rings. The largest absolute Gasteiger partial charge is 0.363 e. The van der Waals surface area contributed by atoms with Crippen LogP contribution in [0.1, 0.15) is 37.0 Å². The van der Waals surface area contributed by atoms with E-state index in [0.29, 0.717) is 11.3 Å². The average molecular weight is 258 g/mol. The zero-order valence-electron chi connectivity index (χ0n) is 11.2. The van der Waals surface area contributed by atoms with Gasteiger partial charge in [0, 0.05) is 11.6 Å². The van der Waals surface area contributed by atoms with E-state index in [4.69, 9.17) is 4.52 Å². The van der Waals surface area contributed by atoms with Gasteiger partial charge in [-0.3, -0.25) is 4.79 Å². The molecule has 0 fully saturated rings. The summed E-state index contributed by atoms with van der Waals surface area (Å²) in [6.45, 7) is 4.09. The van der Waals surface area contributed by atoms with E-state index < -0.39 is 0 Å². The predicted molar refractivity (Wildman–Crippen MR) is 73.8 cm³/mol. The highest BCUT2D eigenvalue weighted by Crippen LogP contribution is 2.21. The monoisotopic (exact) mass is 258 g/mol. The summed E-state index contributed by atoms with van der Waals surface area (Å²) in [5.41, 5.74) is 1.94. The van der Waals surface area contributed by atoms with Gasteiger partial charge < -0.3 is 9.84 Å². The lowest BCUT2D eigenvalue weighted by Crippen LogP contribution is -2.32. The normalized spacial score (nSPS) is 12.1. The van der Waals surface area contributed by atoms with Crippen molar-refractivity contribution < 1.29 is 9.32 Å². The van der Waals surface area contributed by atoms with Crippen LogP contribution < -0.4 is 5.32 Å². The van der Waals surface area contributed by atoms with Gasteiger partial charge >= 0.3 is 0 Å². The van der Waals surface area contributed by atoms with Crippen LogP contribution >= 0.6 is 0 Å². The Morgan fingerprint density at radius 1 is 1.37 bits per heavy atom. The number of nitrogens with zero attached hydrogens (tertiary/aromatic N) is 1. The van der Waals surface area contributed by atoms with Gasteiger partial charge in [-0.1, -0.05) is 48.8 Å². The summed E-state index contributed by atoms with van der Waals surface area (Å²) < 4.78 is 4.95. The standard InChI is InChI=1S/C15H18N2O2/c1-3-7-11(2)16-15(18)13-10-19-17-14(13)12-8-5-4-6-9-12/h4-6,8-11H,3,7H2,1-2H3,(H,16,18)/t11-/m1/s1. The van der Waals surface area contributed by atoms with Gasteiger partial charge in [0.2, 0.25) is 0 Å². The molecule has 1 amide bonds. The van der Waals surface area contributed by atoms with Gasteiger partial charge in [0.1, 0.15) is 17.5 Å². The summed E-state index contributed by atoms with van der Waals surface area (Å²) in [7, 11) is 0. The number of benzene rings is 1. The van der Waals surface area contributed by atoms with Crippen LogP contribution in [0.25, 0.3) is 11.3 Å². The van der Waals surface area contributed by atoms with Gasteiger partial charge in [-0.05, 0) is 13.3 Å². The Hall–Kier alpha value is -2.10. The summed E-state index contributed by atoms with van der Waals surface area (Å²) in [4.78, 5) is 12.2. The third-order valence-electron chi connectivity index (χ3n) is 2.96. The molecule has 1 aromatic heterocycles. The van der Waals surface area contributed by atoms with Crippen LogP contribution in [0.4, 0.5) is 0 Å². The number of aromatic nitrogens is 1. The molecule has 0 aliphatic rings. The first-order chi connectivity index (χ1) is 9.22. The highest BCUT2D eigenvalue weighted by atomic mass is 16.5. The first-order valence-electron chi connectivity index (χ1n) is 6.53. The lowest BCUT2D eigenvalue weighted by molar-refractivity contribution is 0.0938. The van der Waals surface area contributed by atoms with Crippen molar-refractivity contribution in [1.82, 2.24) is 10.5 Å². The minimum absolute atomic E-state index is 0.138. The molecule has 0 unspecified atom stereocenters. The lowest BCUT2D eigenvalue weighted by atomic mass is 10.1. The van der Waals surface area contributed by atoms with E-state index in [1.54, 1.807) is 0 Å². The highest BCUT2D eigenvalue weighted by molar-refractivity contribution is 5.99. The number of carbonyl (C=O) groups excluding carboxylic acids is 1. The molecule has 0 aliphatic carbocycles. The molecule has 100 valence electrons. The van der Waals surface area contributed by atoms with Crippen LogP contribution in [0.3, 0.4) is 0 Å². The number of nitrogens with one attached hydrogen (secondary N) is 1. The Bertz CT molecular complexity index is 534. The molecule has 0 spiro atoms. The van der Waals surface area contributed by atoms with Gasteiger partial charge in [-0.15, -0.1) is 0 Å². The fraction of sp³-hybridized carbons (Fsp3) is 0.333. The molecule has 0 radical (unpaired) electrons. The maximum Gasteiger partial charge on any atom is 0.257 e. The van der Waals surface area contributed by atoms with Gasteiger partial charge in [-0.25, -0.2) is 0 Å². The molecule has 0 aliphatic heterocycles. The van der Waals surface area contributed by atoms with Crippen LogP contribution in [0.15, 0.2) is 41.1 Å². The second-order valence-corrected chi connectivity index (χ2v) is 4.61. The quantitative estimate of drug-likeness (QED) is 0.895. The van der Waals surface area contributed by atoms with E-state index in [0.717, 1.165) is 18.4 Å². The van der Waals surface area contributed by atoms with Gasteiger partial charge in [0.05, 0.1) is 0 Å². The smallest absolute Gasteiger partial charge is 0.257 e. The van der Waals surface area contributed by atoms with Gasteiger partial charge in [-0.2, -0.15) is 0 Å². The summed E-state index contributed by atoms with van der Waals surface area (Å²) in [6.07, 6.45) is 3.39. The molecule has 0 saturated heterocycles. The summed E-state index contributed by atoms with van der Waals surface area (Å²) in [5.74, 6) is -0.138. The first kappa shape index (κ1) is 13.3. The van der Waals surface area contributed by atoms with Crippen molar-refractivity contribution in [2.45, 2.75) is 32.7 Å². The van der Waals surface area contributed by atoms with E-state index in [1.807, 2.05) is 37.3 Å². The van der Waals surface area contributed by atoms with Crippen molar-refractivity contribution in [3.63, 3.8) is 0 Å². The Morgan fingerprint density at radius 3 is 2.79 bits per heavy atom. The zero-order valence-corrected chi connectivity index (χ0v) is 11.2. The Kier molecular flexibility index (Phi) is 4.34. The number of carbonyl (C=O) groups is 1. The molecule has 1 aromatic carbocycles. The van der Waals surface area contributed by atoms with Crippen LogP contribution in [0, 0.1) is 0 Å². The Morgan fingerprint density at radius 2 is 2.11 bits per heavy atom. The SMILES string of the molecule is CCC[C@@H](C)NC(=O)c1conc1-c1ccccc1. The van der Waals surface area contributed by atoms with Crippen molar-refractivity contribution in [1.29, 1.82) is 0 Å². The van der Waals surface area contributed by atoms with Crippen molar-refractivity contribution in [2.24, 2.45) is 0 Å². The third-order valence-corrected chi connectivity index (χ3v) is 2.96. The molecule has 1 heterocycles. The van der Waals surface area contributed by atoms with E-state index >= 15 is 0 Å². The maximum atomic E-state index is 12.2. The second-order valence-electron chi connectivity index (χ2n) is 4.61. The van der Waals surface area contributed by atoms with E-state index in [1.165, 1.54) is 6.26 Å². The molecule has 2 rings (SSSR count). The fourth-order valence-corrected chi connectivity index (χ4v) is 2.01. The number of rotatable bonds is 5. The molecule has 1 atom stereocenters. The fourth-order valence-electron chi connectivity index (χ4n) is 2.01. The second kappa shape index (κ2) is 6.18. The molecule has 0 bridgehead atoms. The molecule has 0 saturated carbocycles. The molecule has 4 nitrogen and oxygen atoms in total. The Balaban J connectivity index is 2.18. The van der Waals surface area contributed by atoms with Crippen LogP contribution in [-0.2, 0) is 0 Å². The highest BCUT2D eigenvalue weighted by Gasteiger charge is 2.18. The maximum absolute atomic E-state index is 12.2.